The van der Waals surface area contributed by atoms with Gasteiger partial charge in [-0.15, -0.1) is 12.4 Å². The molecular formula is C19H29ClFN3O2. The summed E-state index contributed by atoms with van der Waals surface area (Å²) in [6.07, 6.45) is 4.32. The number of hydrogen-bond donors (Lipinski definition) is 2. The smallest absolute Gasteiger partial charge is 0.237 e. The van der Waals surface area contributed by atoms with E-state index >= 15 is 0 Å². The fourth-order valence-electron chi connectivity index (χ4n) is 3.65. The predicted molar refractivity (Wildman–Crippen MR) is 102 cm³/mol. The maximum absolute atomic E-state index is 13.1. The maximum Gasteiger partial charge on any atom is 0.237 e. The van der Waals surface area contributed by atoms with Crippen LogP contribution in [0.5, 0.6) is 5.75 Å². The minimum atomic E-state index is -0.275. The number of ether oxygens (including phenoxy) is 1. The van der Waals surface area contributed by atoms with Gasteiger partial charge >= 0.3 is 0 Å². The average Bonchev–Trinajstić information content (AvgIpc) is 3.15. The fourth-order valence-corrected chi connectivity index (χ4v) is 3.65. The van der Waals surface area contributed by atoms with Crippen LogP contribution < -0.4 is 15.4 Å². The van der Waals surface area contributed by atoms with Gasteiger partial charge in [0, 0.05) is 25.7 Å². The van der Waals surface area contributed by atoms with Crippen molar-refractivity contribution in [1.82, 2.24) is 15.5 Å². The molecule has 0 saturated carbocycles. The van der Waals surface area contributed by atoms with E-state index in [0.29, 0.717) is 18.3 Å². The monoisotopic (exact) mass is 385 g/mol. The molecule has 2 aliphatic heterocycles. The van der Waals surface area contributed by atoms with Crippen molar-refractivity contribution in [2.24, 2.45) is 5.92 Å². The van der Waals surface area contributed by atoms with Crippen LogP contribution >= 0.6 is 12.4 Å². The summed E-state index contributed by atoms with van der Waals surface area (Å²) >= 11 is 0. The first-order valence-electron chi connectivity index (χ1n) is 9.32. The van der Waals surface area contributed by atoms with E-state index in [9.17, 15) is 9.18 Å². The molecule has 146 valence electrons. The van der Waals surface area contributed by atoms with E-state index in [-0.39, 0.29) is 30.2 Å². The minimum absolute atomic E-state index is 0. The number of nitrogens with one attached hydrogen (secondary N) is 2. The molecule has 1 aromatic rings. The van der Waals surface area contributed by atoms with Gasteiger partial charge in [-0.05, 0) is 56.8 Å². The number of carbonyl (C=O) groups excluding carboxylic acids is 1. The lowest BCUT2D eigenvalue weighted by Gasteiger charge is -2.32. The van der Waals surface area contributed by atoms with Crippen LogP contribution in [0.25, 0.3) is 0 Å². The first-order chi connectivity index (χ1) is 12.2. The number of rotatable bonds is 7. The van der Waals surface area contributed by atoms with Gasteiger partial charge in [0.2, 0.25) is 5.91 Å². The highest BCUT2D eigenvalue weighted by atomic mass is 35.5. The molecule has 2 atom stereocenters. The predicted octanol–water partition coefficient (Wildman–Crippen LogP) is 2.21. The molecule has 26 heavy (non-hydrogen) atoms. The molecule has 7 heteroatoms. The maximum atomic E-state index is 13.1. The van der Waals surface area contributed by atoms with Gasteiger partial charge in [0.15, 0.2) is 0 Å². The zero-order valence-electron chi connectivity index (χ0n) is 15.1. The van der Waals surface area contributed by atoms with Gasteiger partial charge in [-0.2, -0.15) is 0 Å². The normalized spacial score (nSPS) is 23.3. The van der Waals surface area contributed by atoms with E-state index in [1.807, 2.05) is 0 Å². The quantitative estimate of drug-likeness (QED) is 0.755. The second-order valence-electron chi connectivity index (χ2n) is 7.01. The van der Waals surface area contributed by atoms with E-state index in [0.717, 1.165) is 58.4 Å². The number of carbonyl (C=O) groups is 1. The molecule has 5 nitrogen and oxygen atoms in total. The minimum Gasteiger partial charge on any atom is -0.492 e. The number of hydrogen-bond acceptors (Lipinski definition) is 4. The van der Waals surface area contributed by atoms with Gasteiger partial charge in [0.05, 0.1) is 6.04 Å². The van der Waals surface area contributed by atoms with Crippen LogP contribution in [-0.2, 0) is 4.79 Å². The summed E-state index contributed by atoms with van der Waals surface area (Å²) in [7, 11) is 0. The molecule has 2 heterocycles. The van der Waals surface area contributed by atoms with Crippen LogP contribution in [0.3, 0.4) is 0 Å². The molecule has 1 amide bonds. The van der Waals surface area contributed by atoms with Gasteiger partial charge in [0.1, 0.15) is 18.2 Å². The molecule has 2 N–H and O–H groups in total. The summed E-state index contributed by atoms with van der Waals surface area (Å²) in [4.78, 5) is 14.5. The SMILES string of the molecule is Cl.O=C(NCC1CCCN(CCOc2cccc(F)c2)C1)C1CCCN1. The third kappa shape index (κ3) is 6.41. The van der Waals surface area contributed by atoms with Crippen molar-refractivity contribution in [3.8, 4) is 5.75 Å². The van der Waals surface area contributed by atoms with Crippen molar-refractivity contribution in [3.63, 3.8) is 0 Å². The zero-order valence-corrected chi connectivity index (χ0v) is 15.9. The Morgan fingerprint density at radius 3 is 3.00 bits per heavy atom. The number of piperidine rings is 1. The van der Waals surface area contributed by atoms with Gasteiger partial charge in [-0.3, -0.25) is 9.69 Å². The van der Waals surface area contributed by atoms with Crippen molar-refractivity contribution in [2.45, 2.75) is 31.7 Å². The number of amides is 1. The van der Waals surface area contributed by atoms with Crippen LogP contribution in [0.4, 0.5) is 4.39 Å². The zero-order chi connectivity index (χ0) is 17.5. The van der Waals surface area contributed by atoms with Crippen molar-refractivity contribution >= 4 is 18.3 Å². The Bertz CT molecular complexity index is 569. The Hall–Kier alpha value is -1.37. The topological polar surface area (TPSA) is 53.6 Å². The van der Waals surface area contributed by atoms with Crippen molar-refractivity contribution in [3.05, 3.63) is 30.1 Å². The molecule has 2 unspecified atom stereocenters. The van der Waals surface area contributed by atoms with Gasteiger partial charge in [-0.25, -0.2) is 4.39 Å². The molecule has 2 aliphatic rings. The van der Waals surface area contributed by atoms with Crippen molar-refractivity contribution in [2.75, 3.05) is 39.3 Å². The van der Waals surface area contributed by atoms with Crippen LogP contribution in [0.1, 0.15) is 25.7 Å². The van der Waals surface area contributed by atoms with E-state index in [1.54, 1.807) is 12.1 Å². The van der Waals surface area contributed by atoms with Crippen molar-refractivity contribution < 1.29 is 13.9 Å². The van der Waals surface area contributed by atoms with Crippen molar-refractivity contribution in [1.29, 1.82) is 0 Å². The number of halogens is 2. The molecule has 2 fully saturated rings. The van der Waals surface area contributed by atoms with Crippen LogP contribution in [0, 0.1) is 11.7 Å². The molecule has 3 rings (SSSR count). The molecule has 0 aliphatic carbocycles. The van der Waals surface area contributed by atoms with E-state index in [1.165, 1.54) is 12.1 Å². The lowest BCUT2D eigenvalue weighted by Crippen LogP contribution is -2.46. The highest BCUT2D eigenvalue weighted by molar-refractivity contribution is 5.85. The van der Waals surface area contributed by atoms with Crippen LogP contribution in [0.2, 0.25) is 0 Å². The van der Waals surface area contributed by atoms with E-state index in [2.05, 4.69) is 15.5 Å². The third-order valence-corrected chi connectivity index (χ3v) is 5.02. The molecule has 0 aromatic heterocycles. The van der Waals surface area contributed by atoms with E-state index in [4.69, 9.17) is 4.74 Å². The highest BCUT2D eigenvalue weighted by Gasteiger charge is 2.24. The second-order valence-corrected chi connectivity index (χ2v) is 7.01. The molecule has 0 spiro atoms. The van der Waals surface area contributed by atoms with E-state index < -0.39 is 0 Å². The third-order valence-electron chi connectivity index (χ3n) is 5.02. The lowest BCUT2D eigenvalue weighted by atomic mass is 9.98. The Morgan fingerprint density at radius 1 is 1.35 bits per heavy atom. The fraction of sp³-hybridized carbons (Fsp3) is 0.632. The highest BCUT2D eigenvalue weighted by Crippen LogP contribution is 2.17. The second kappa shape index (κ2) is 10.7. The Labute approximate surface area is 161 Å². The summed E-state index contributed by atoms with van der Waals surface area (Å²) in [5.41, 5.74) is 0. The lowest BCUT2D eigenvalue weighted by molar-refractivity contribution is -0.123. The van der Waals surface area contributed by atoms with Crippen LogP contribution in [0.15, 0.2) is 24.3 Å². The van der Waals surface area contributed by atoms with Gasteiger partial charge < -0.3 is 15.4 Å². The first kappa shape index (κ1) is 20.9. The Kier molecular flexibility index (Phi) is 8.62. The first-order valence-corrected chi connectivity index (χ1v) is 9.32. The molecule has 0 bridgehead atoms. The average molecular weight is 386 g/mol. The number of likely N-dealkylation sites (tertiary alicyclic amines) is 1. The largest absolute Gasteiger partial charge is 0.492 e. The Balaban J connectivity index is 0.00000243. The van der Waals surface area contributed by atoms with Crippen LogP contribution in [-0.4, -0.2) is 56.2 Å². The summed E-state index contributed by atoms with van der Waals surface area (Å²) in [6.45, 7) is 5.10. The van der Waals surface area contributed by atoms with Gasteiger partial charge in [-0.1, -0.05) is 6.07 Å². The Morgan fingerprint density at radius 2 is 2.23 bits per heavy atom. The van der Waals surface area contributed by atoms with Gasteiger partial charge in [0.25, 0.3) is 0 Å². The summed E-state index contributed by atoms with van der Waals surface area (Å²) in [6, 6.07) is 6.25. The number of nitrogens with zero attached hydrogens (tertiary/aromatic N) is 1. The summed E-state index contributed by atoms with van der Waals surface area (Å²) < 4.78 is 18.8. The summed E-state index contributed by atoms with van der Waals surface area (Å²) in [5, 5.41) is 6.34. The molecule has 0 radical (unpaired) electrons. The molecule has 1 aromatic carbocycles. The molecular weight excluding hydrogens is 357 g/mol. The molecule has 2 saturated heterocycles. The summed E-state index contributed by atoms with van der Waals surface area (Å²) in [5.74, 6) is 0.935. The number of benzene rings is 1. The standard InChI is InChI=1S/C19H28FN3O2.ClH/c20-16-5-1-6-17(12-16)25-11-10-23-9-3-4-15(14-23)13-22-19(24)18-7-2-8-21-18;/h1,5-6,12,15,18,21H,2-4,7-11,13-14H2,(H,22,24);1H.